The van der Waals surface area contributed by atoms with Crippen LogP contribution in [0.25, 0.3) is 10.9 Å². The highest BCUT2D eigenvalue weighted by atomic mass is 16.6. The summed E-state index contributed by atoms with van der Waals surface area (Å²) in [7, 11) is 0. The molecule has 106 valence electrons. The summed E-state index contributed by atoms with van der Waals surface area (Å²) in [6.45, 7) is 5.06. The van der Waals surface area contributed by atoms with E-state index < -0.39 is 4.92 Å². The molecule has 2 aromatic rings. The number of nitro groups is 1. The van der Waals surface area contributed by atoms with E-state index in [1.54, 1.807) is 12.1 Å². The minimum atomic E-state index is -0.468. The van der Waals surface area contributed by atoms with Crippen LogP contribution < -0.4 is 10.1 Å². The largest absolute Gasteiger partial charge is 0.485 e. The third-order valence-corrected chi connectivity index (χ3v) is 2.80. The number of hydrogen-bond donors (Lipinski definition) is 1. The minimum absolute atomic E-state index is 0.103. The van der Waals surface area contributed by atoms with Gasteiger partial charge >= 0.3 is 5.69 Å². The fourth-order valence-electron chi connectivity index (χ4n) is 1.89. The summed E-state index contributed by atoms with van der Waals surface area (Å²) in [4.78, 5) is 14.7. The van der Waals surface area contributed by atoms with Crippen molar-refractivity contribution in [3.8, 4) is 5.75 Å². The van der Waals surface area contributed by atoms with Gasteiger partial charge in [0.05, 0.1) is 10.4 Å². The molecule has 1 N–H and O–H groups in total. The molecule has 0 unspecified atom stereocenters. The van der Waals surface area contributed by atoms with Crippen molar-refractivity contribution in [2.24, 2.45) is 0 Å². The van der Waals surface area contributed by atoms with E-state index in [0.29, 0.717) is 30.1 Å². The number of benzene rings is 1. The quantitative estimate of drug-likeness (QED) is 0.498. The topological polar surface area (TPSA) is 77.3 Å². The van der Waals surface area contributed by atoms with E-state index in [1.165, 1.54) is 6.20 Å². The molecular weight excluding hydrogens is 258 g/mol. The minimum Gasteiger partial charge on any atom is -0.485 e. The fourth-order valence-corrected chi connectivity index (χ4v) is 1.89. The molecule has 1 aromatic heterocycles. The predicted molar refractivity (Wildman–Crippen MR) is 77.0 cm³/mol. The molecule has 0 atom stereocenters. The zero-order valence-corrected chi connectivity index (χ0v) is 11.5. The van der Waals surface area contributed by atoms with Gasteiger partial charge in [-0.25, -0.2) is 4.98 Å². The molecule has 20 heavy (non-hydrogen) atoms. The van der Waals surface area contributed by atoms with E-state index >= 15 is 0 Å². The Morgan fingerprint density at radius 1 is 1.40 bits per heavy atom. The van der Waals surface area contributed by atoms with Crippen LogP contribution in [-0.2, 0) is 0 Å². The Morgan fingerprint density at radius 2 is 2.15 bits per heavy atom. The van der Waals surface area contributed by atoms with Crippen molar-refractivity contribution in [3.63, 3.8) is 0 Å². The highest BCUT2D eigenvalue weighted by Crippen LogP contribution is 2.33. The van der Waals surface area contributed by atoms with Crippen LogP contribution in [0.5, 0.6) is 5.75 Å². The average Bonchev–Trinajstić information content (AvgIpc) is 2.42. The van der Waals surface area contributed by atoms with Gasteiger partial charge in [-0.1, -0.05) is 26.0 Å². The van der Waals surface area contributed by atoms with E-state index in [4.69, 9.17) is 4.74 Å². The molecule has 1 heterocycles. The first-order valence-corrected chi connectivity index (χ1v) is 6.48. The first-order chi connectivity index (χ1) is 9.59. The van der Waals surface area contributed by atoms with E-state index in [1.807, 2.05) is 26.0 Å². The lowest BCUT2D eigenvalue weighted by atomic mass is 10.2. The summed E-state index contributed by atoms with van der Waals surface area (Å²) in [6, 6.07) is 7.58. The number of ether oxygens (including phenoxy) is 1. The van der Waals surface area contributed by atoms with Crippen LogP contribution in [0.2, 0.25) is 0 Å². The Labute approximate surface area is 116 Å². The van der Waals surface area contributed by atoms with Crippen molar-refractivity contribution >= 4 is 16.6 Å². The molecule has 2 rings (SSSR count). The first-order valence-electron chi connectivity index (χ1n) is 6.48. The van der Waals surface area contributed by atoms with Gasteiger partial charge in [-0.3, -0.25) is 10.1 Å². The Bertz CT molecular complexity index is 614. The monoisotopic (exact) mass is 275 g/mol. The lowest BCUT2D eigenvalue weighted by Crippen LogP contribution is -2.27. The van der Waals surface area contributed by atoms with Gasteiger partial charge in [-0.15, -0.1) is 0 Å². The van der Waals surface area contributed by atoms with Crippen molar-refractivity contribution < 1.29 is 9.66 Å². The highest BCUT2D eigenvalue weighted by molar-refractivity contribution is 5.88. The van der Waals surface area contributed by atoms with Gasteiger partial charge in [0.25, 0.3) is 0 Å². The summed E-state index contributed by atoms with van der Waals surface area (Å²) < 4.78 is 5.62. The normalized spacial score (nSPS) is 10.9. The second-order valence-electron chi connectivity index (χ2n) is 4.70. The van der Waals surface area contributed by atoms with Crippen LogP contribution >= 0.6 is 0 Å². The zero-order chi connectivity index (χ0) is 14.5. The highest BCUT2D eigenvalue weighted by Gasteiger charge is 2.19. The molecule has 0 aliphatic rings. The maximum absolute atomic E-state index is 11.1. The van der Waals surface area contributed by atoms with Crippen molar-refractivity contribution in [3.05, 3.63) is 40.6 Å². The van der Waals surface area contributed by atoms with Gasteiger partial charge in [0.15, 0.2) is 0 Å². The lowest BCUT2D eigenvalue weighted by Gasteiger charge is -2.11. The van der Waals surface area contributed by atoms with Crippen molar-refractivity contribution in [1.29, 1.82) is 0 Å². The van der Waals surface area contributed by atoms with E-state index in [-0.39, 0.29) is 11.4 Å². The number of hydrogen-bond acceptors (Lipinski definition) is 5. The molecule has 6 heteroatoms. The molecule has 6 nitrogen and oxygen atoms in total. The van der Waals surface area contributed by atoms with Gasteiger partial charge in [-0.05, 0) is 12.1 Å². The van der Waals surface area contributed by atoms with Gasteiger partial charge in [0, 0.05) is 18.0 Å². The predicted octanol–water partition coefficient (Wildman–Crippen LogP) is 2.52. The molecule has 0 spiro atoms. The van der Waals surface area contributed by atoms with Gasteiger partial charge < -0.3 is 10.1 Å². The van der Waals surface area contributed by atoms with E-state index in [9.17, 15) is 10.1 Å². The van der Waals surface area contributed by atoms with Crippen molar-refractivity contribution in [1.82, 2.24) is 10.3 Å². The standard InChI is InChI=1S/C14H17N3O3/c1-10(2)15-7-8-20-14-11-5-3-4-6-12(11)16-9-13(14)17(18)19/h3-6,9-10,15H,7-8H2,1-2H3. The summed E-state index contributed by atoms with van der Waals surface area (Å²) >= 11 is 0. The van der Waals surface area contributed by atoms with Crippen LogP contribution in [0.1, 0.15) is 13.8 Å². The van der Waals surface area contributed by atoms with E-state index in [2.05, 4.69) is 10.3 Å². The van der Waals surface area contributed by atoms with Crippen LogP contribution in [0.4, 0.5) is 5.69 Å². The SMILES string of the molecule is CC(C)NCCOc1c([N+](=O)[O-])cnc2ccccc12. The number of para-hydroxylation sites is 1. The average molecular weight is 275 g/mol. The molecule has 0 radical (unpaired) electrons. The summed E-state index contributed by atoms with van der Waals surface area (Å²) in [5.41, 5.74) is 0.582. The molecule has 0 saturated heterocycles. The molecule has 1 aromatic carbocycles. The molecule has 0 aliphatic heterocycles. The number of aromatic nitrogens is 1. The molecule has 0 bridgehead atoms. The molecule has 0 aliphatic carbocycles. The molecule has 0 saturated carbocycles. The summed E-state index contributed by atoms with van der Waals surface area (Å²) in [6.07, 6.45) is 1.24. The zero-order valence-electron chi connectivity index (χ0n) is 11.5. The second kappa shape index (κ2) is 6.29. The van der Waals surface area contributed by atoms with Crippen molar-refractivity contribution in [2.75, 3.05) is 13.2 Å². The van der Waals surface area contributed by atoms with Gasteiger partial charge in [0.1, 0.15) is 12.8 Å². The van der Waals surface area contributed by atoms with Gasteiger partial charge in [0.2, 0.25) is 5.75 Å². The van der Waals surface area contributed by atoms with E-state index in [0.717, 1.165) is 0 Å². The van der Waals surface area contributed by atoms with Crippen LogP contribution in [0.3, 0.4) is 0 Å². The van der Waals surface area contributed by atoms with Crippen LogP contribution in [-0.4, -0.2) is 29.1 Å². The second-order valence-corrected chi connectivity index (χ2v) is 4.70. The Kier molecular flexibility index (Phi) is 4.47. The smallest absolute Gasteiger partial charge is 0.329 e. The molecular formula is C14H17N3O3. The van der Waals surface area contributed by atoms with Crippen LogP contribution in [0, 0.1) is 10.1 Å². The van der Waals surface area contributed by atoms with Crippen molar-refractivity contribution in [2.45, 2.75) is 19.9 Å². The molecule has 0 amide bonds. The number of rotatable bonds is 6. The maximum Gasteiger partial charge on any atom is 0.329 e. The third kappa shape index (κ3) is 3.21. The molecule has 0 fully saturated rings. The Balaban J connectivity index is 2.28. The van der Waals surface area contributed by atoms with Crippen LogP contribution in [0.15, 0.2) is 30.5 Å². The summed E-state index contributed by atoms with van der Waals surface area (Å²) in [5, 5.41) is 14.9. The fraction of sp³-hybridized carbons (Fsp3) is 0.357. The third-order valence-electron chi connectivity index (χ3n) is 2.80. The number of nitrogens with one attached hydrogen (secondary N) is 1. The number of nitrogens with zero attached hydrogens (tertiary/aromatic N) is 2. The first kappa shape index (κ1) is 14.2. The van der Waals surface area contributed by atoms with Gasteiger partial charge in [-0.2, -0.15) is 0 Å². The lowest BCUT2D eigenvalue weighted by molar-refractivity contribution is -0.386. The Hall–Kier alpha value is -2.21. The summed E-state index contributed by atoms with van der Waals surface area (Å²) in [5.74, 6) is 0.283. The maximum atomic E-state index is 11.1. The Morgan fingerprint density at radius 3 is 2.85 bits per heavy atom. The number of pyridine rings is 1. The number of fused-ring (bicyclic) bond motifs is 1.